The normalized spacial score (nSPS) is 24.0. The molecule has 1 fully saturated rings. The van der Waals surface area contributed by atoms with Gasteiger partial charge >= 0.3 is 0 Å². The summed E-state index contributed by atoms with van der Waals surface area (Å²) in [6.07, 6.45) is 1.80. The van der Waals surface area contributed by atoms with Crippen LogP contribution in [0.25, 0.3) is 0 Å². The van der Waals surface area contributed by atoms with Crippen molar-refractivity contribution in [3.63, 3.8) is 0 Å². The molecule has 2 unspecified atom stereocenters. The van der Waals surface area contributed by atoms with E-state index in [0.717, 1.165) is 37.6 Å². The van der Waals surface area contributed by atoms with Crippen molar-refractivity contribution in [3.8, 4) is 0 Å². The third-order valence-corrected chi connectivity index (χ3v) is 4.31. The van der Waals surface area contributed by atoms with Crippen LogP contribution in [0, 0.1) is 17.0 Å². The number of piperidine rings is 1. The first kappa shape index (κ1) is 16.8. The lowest BCUT2D eigenvalue weighted by atomic mass is 9.82. The predicted molar refractivity (Wildman–Crippen MR) is 80.4 cm³/mol. The molecular weight excluding hydrogens is 290 g/mol. The minimum absolute atomic E-state index is 0.0658. The molecule has 0 radical (unpaired) electrons. The number of nitrogens with zero attached hydrogens (tertiary/aromatic N) is 1. The summed E-state index contributed by atoms with van der Waals surface area (Å²) in [5, 5.41) is 11.9. The number of carbonyl (C=O) groups is 1. The van der Waals surface area contributed by atoms with Crippen molar-refractivity contribution in [2.24, 2.45) is 5.41 Å². The minimum atomic E-state index is -0.666. The molecule has 1 aliphatic rings. The number of carbonyl (C=O) groups excluding carboxylic acids is 1. The molecule has 4 nitrogen and oxygen atoms in total. The zero-order valence-electron chi connectivity index (χ0n) is 12.9. The second kappa shape index (κ2) is 6.71. The monoisotopic (exact) mass is 312 g/mol. The van der Waals surface area contributed by atoms with Crippen LogP contribution in [0.3, 0.4) is 0 Å². The first-order chi connectivity index (χ1) is 10.3. The van der Waals surface area contributed by atoms with E-state index in [1.54, 1.807) is 6.92 Å². The molecule has 2 atom stereocenters. The summed E-state index contributed by atoms with van der Waals surface area (Å²) in [7, 11) is 0. The van der Waals surface area contributed by atoms with E-state index >= 15 is 0 Å². The van der Waals surface area contributed by atoms with Gasteiger partial charge in [0.15, 0.2) is 0 Å². The van der Waals surface area contributed by atoms with E-state index in [-0.39, 0.29) is 23.6 Å². The van der Waals surface area contributed by atoms with Crippen molar-refractivity contribution < 1.29 is 18.7 Å². The van der Waals surface area contributed by atoms with Gasteiger partial charge in [0.1, 0.15) is 11.6 Å². The molecule has 0 aromatic heterocycles. The van der Waals surface area contributed by atoms with Crippen LogP contribution in [0.15, 0.2) is 18.2 Å². The molecule has 1 aliphatic heterocycles. The van der Waals surface area contributed by atoms with Crippen LogP contribution < -0.4 is 5.32 Å². The van der Waals surface area contributed by atoms with E-state index in [1.807, 2.05) is 11.8 Å². The fourth-order valence-corrected chi connectivity index (χ4v) is 2.81. The van der Waals surface area contributed by atoms with Gasteiger partial charge in [-0.25, -0.2) is 8.78 Å². The third kappa shape index (κ3) is 3.81. The summed E-state index contributed by atoms with van der Waals surface area (Å²) in [4.78, 5) is 14.2. The van der Waals surface area contributed by atoms with Crippen LogP contribution in [0.4, 0.5) is 14.5 Å². The molecule has 1 heterocycles. The summed E-state index contributed by atoms with van der Waals surface area (Å²) < 4.78 is 26.7. The quantitative estimate of drug-likeness (QED) is 0.897. The van der Waals surface area contributed by atoms with Gasteiger partial charge in [0.25, 0.3) is 0 Å². The number of nitrogens with one attached hydrogen (secondary N) is 1. The Labute approximate surface area is 129 Å². The Kier molecular flexibility index (Phi) is 5.13. The molecule has 0 aliphatic carbocycles. The van der Waals surface area contributed by atoms with E-state index in [9.17, 15) is 18.7 Å². The van der Waals surface area contributed by atoms with Crippen molar-refractivity contribution in [2.45, 2.75) is 32.7 Å². The summed E-state index contributed by atoms with van der Waals surface area (Å²) in [6, 6.07) is 2.48. The van der Waals surface area contributed by atoms with E-state index < -0.39 is 17.7 Å². The molecule has 0 saturated carbocycles. The molecule has 122 valence electrons. The number of aliphatic hydroxyl groups excluding tert-OH is 1. The van der Waals surface area contributed by atoms with E-state index in [0.29, 0.717) is 6.54 Å². The maximum Gasteiger partial charge on any atom is 0.241 e. The molecule has 2 rings (SSSR count). The molecule has 0 bridgehead atoms. The second-order valence-corrected chi connectivity index (χ2v) is 6.33. The standard InChI is InChI=1S/C16H22F2N2O2/c1-11(20-7-3-6-16(2,9-20)10-21)15(22)19-14-8-12(17)4-5-13(14)18/h4-5,8,11,21H,3,6-7,9-10H2,1-2H3,(H,19,22). The molecule has 6 heteroatoms. The number of anilines is 1. The second-order valence-electron chi connectivity index (χ2n) is 6.33. The Bertz CT molecular complexity index is 553. The molecular formula is C16H22F2N2O2. The van der Waals surface area contributed by atoms with E-state index in [4.69, 9.17) is 0 Å². The topological polar surface area (TPSA) is 52.6 Å². The first-order valence-electron chi connectivity index (χ1n) is 7.45. The van der Waals surface area contributed by atoms with E-state index in [2.05, 4.69) is 5.32 Å². The Morgan fingerprint density at radius 2 is 2.23 bits per heavy atom. The molecule has 0 spiro atoms. The molecule has 1 aromatic carbocycles. The van der Waals surface area contributed by atoms with Crippen molar-refractivity contribution in [3.05, 3.63) is 29.8 Å². The largest absolute Gasteiger partial charge is 0.396 e. The fraction of sp³-hybridized carbons (Fsp3) is 0.562. The van der Waals surface area contributed by atoms with Crippen LogP contribution in [0.5, 0.6) is 0 Å². The summed E-state index contributed by atoms with van der Waals surface area (Å²) in [5.41, 5.74) is -0.379. The predicted octanol–water partition coefficient (Wildman–Crippen LogP) is 2.39. The molecule has 1 aromatic rings. The van der Waals surface area contributed by atoms with Gasteiger partial charge < -0.3 is 10.4 Å². The van der Waals surface area contributed by atoms with Crippen LogP contribution in [0.2, 0.25) is 0 Å². The average molecular weight is 312 g/mol. The summed E-state index contributed by atoms with van der Waals surface area (Å²) in [6.45, 7) is 5.13. The number of hydrogen-bond donors (Lipinski definition) is 2. The minimum Gasteiger partial charge on any atom is -0.396 e. The van der Waals surface area contributed by atoms with Gasteiger partial charge in [-0.3, -0.25) is 9.69 Å². The number of rotatable bonds is 4. The highest BCUT2D eigenvalue weighted by atomic mass is 19.1. The number of benzene rings is 1. The molecule has 1 saturated heterocycles. The highest BCUT2D eigenvalue weighted by molar-refractivity contribution is 5.94. The van der Waals surface area contributed by atoms with Gasteiger partial charge in [-0.05, 0) is 38.4 Å². The number of likely N-dealkylation sites (tertiary alicyclic amines) is 1. The summed E-state index contributed by atoms with van der Waals surface area (Å²) >= 11 is 0. The highest BCUT2D eigenvalue weighted by Crippen LogP contribution is 2.30. The number of amides is 1. The Morgan fingerprint density at radius 3 is 2.91 bits per heavy atom. The summed E-state index contributed by atoms with van der Waals surface area (Å²) in [5.74, 6) is -1.65. The van der Waals surface area contributed by atoms with Crippen LogP contribution in [-0.4, -0.2) is 41.7 Å². The highest BCUT2D eigenvalue weighted by Gasteiger charge is 2.34. The van der Waals surface area contributed by atoms with Crippen molar-refractivity contribution in [2.75, 3.05) is 25.0 Å². The van der Waals surface area contributed by atoms with Gasteiger partial charge in [0.2, 0.25) is 5.91 Å². The molecule has 1 amide bonds. The lowest BCUT2D eigenvalue weighted by molar-refractivity contribution is -0.122. The lowest BCUT2D eigenvalue weighted by Crippen LogP contribution is -2.51. The maximum atomic E-state index is 13.6. The zero-order chi connectivity index (χ0) is 16.3. The van der Waals surface area contributed by atoms with Crippen LogP contribution >= 0.6 is 0 Å². The Hall–Kier alpha value is -1.53. The maximum absolute atomic E-state index is 13.6. The van der Waals surface area contributed by atoms with Gasteiger partial charge in [-0.2, -0.15) is 0 Å². The molecule has 22 heavy (non-hydrogen) atoms. The van der Waals surface area contributed by atoms with Gasteiger partial charge in [0.05, 0.1) is 11.7 Å². The molecule has 2 N–H and O–H groups in total. The Morgan fingerprint density at radius 1 is 1.50 bits per heavy atom. The SMILES string of the molecule is CC(C(=O)Nc1cc(F)ccc1F)N1CCCC(C)(CO)C1. The fourth-order valence-electron chi connectivity index (χ4n) is 2.81. The number of halogens is 2. The average Bonchev–Trinajstić information content (AvgIpc) is 2.50. The lowest BCUT2D eigenvalue weighted by Gasteiger charge is -2.41. The third-order valence-electron chi connectivity index (χ3n) is 4.31. The van der Waals surface area contributed by atoms with Crippen LogP contribution in [0.1, 0.15) is 26.7 Å². The number of hydrogen-bond acceptors (Lipinski definition) is 3. The zero-order valence-corrected chi connectivity index (χ0v) is 12.9. The van der Waals surface area contributed by atoms with Gasteiger partial charge in [-0.15, -0.1) is 0 Å². The van der Waals surface area contributed by atoms with Gasteiger partial charge in [-0.1, -0.05) is 6.92 Å². The first-order valence-corrected chi connectivity index (χ1v) is 7.45. The number of aliphatic hydroxyl groups is 1. The van der Waals surface area contributed by atoms with Crippen molar-refractivity contribution in [1.29, 1.82) is 0 Å². The van der Waals surface area contributed by atoms with E-state index in [1.165, 1.54) is 0 Å². The van der Waals surface area contributed by atoms with Crippen LogP contribution in [-0.2, 0) is 4.79 Å². The van der Waals surface area contributed by atoms with Gasteiger partial charge in [0, 0.05) is 24.6 Å². The van der Waals surface area contributed by atoms with Crippen molar-refractivity contribution in [1.82, 2.24) is 4.90 Å². The Balaban J connectivity index is 2.04. The smallest absolute Gasteiger partial charge is 0.241 e. The van der Waals surface area contributed by atoms with Crippen molar-refractivity contribution >= 4 is 11.6 Å².